The minimum absolute atomic E-state index is 0.178. The maximum atomic E-state index is 13.4. The van der Waals surface area contributed by atoms with Crippen molar-refractivity contribution in [3.63, 3.8) is 0 Å². The smallest absolute Gasteiger partial charge is 0.186 e. The molecule has 124 valence electrons. The predicted molar refractivity (Wildman–Crippen MR) is 99.2 cm³/mol. The third-order valence-electron chi connectivity index (χ3n) is 4.06. The van der Waals surface area contributed by atoms with Gasteiger partial charge in [-0.3, -0.25) is 0 Å². The number of rotatable bonds is 6. The molecule has 1 heterocycles. The fourth-order valence-electron chi connectivity index (χ4n) is 2.59. The Morgan fingerprint density at radius 3 is 2.42 bits per heavy atom. The molecule has 0 bridgehead atoms. The first-order valence-corrected chi connectivity index (χ1v) is 8.91. The second-order valence-corrected chi connectivity index (χ2v) is 7.11. The predicted octanol–water partition coefficient (Wildman–Crippen LogP) is 5.15. The van der Waals surface area contributed by atoms with Gasteiger partial charge in [0, 0.05) is 18.0 Å². The number of hydrogen-bond donors (Lipinski definition) is 0. The van der Waals surface area contributed by atoms with Gasteiger partial charge in [-0.2, -0.15) is 0 Å². The van der Waals surface area contributed by atoms with E-state index in [1.54, 1.807) is 23.5 Å². The molecule has 3 rings (SSSR count). The zero-order valence-corrected chi connectivity index (χ0v) is 14.8. The van der Waals surface area contributed by atoms with Gasteiger partial charge in [-0.1, -0.05) is 42.5 Å². The van der Waals surface area contributed by atoms with Crippen LogP contribution in [0.15, 0.2) is 54.6 Å². The lowest BCUT2D eigenvalue weighted by Gasteiger charge is -2.22. The maximum absolute atomic E-state index is 13.4. The maximum Gasteiger partial charge on any atom is 0.186 e. The van der Waals surface area contributed by atoms with Gasteiger partial charge in [0.2, 0.25) is 0 Å². The zero-order chi connectivity index (χ0) is 16.9. The van der Waals surface area contributed by atoms with Crippen LogP contribution in [0.25, 0.3) is 0 Å². The molecule has 0 radical (unpaired) electrons. The Kier molecular flexibility index (Phi) is 5.26. The molecule has 0 fully saturated rings. The van der Waals surface area contributed by atoms with Crippen LogP contribution in [-0.2, 0) is 13.0 Å². The highest BCUT2D eigenvalue weighted by Gasteiger charge is 2.13. The summed E-state index contributed by atoms with van der Waals surface area (Å²) in [6, 6.07) is 17.2. The van der Waals surface area contributed by atoms with Crippen LogP contribution < -0.4 is 4.90 Å². The number of aryl methyl sites for hydroxylation is 2. The molecule has 0 aliphatic carbocycles. The summed E-state index contributed by atoms with van der Waals surface area (Å²) in [5.41, 5.74) is 3.35. The van der Waals surface area contributed by atoms with E-state index >= 15 is 0 Å². The van der Waals surface area contributed by atoms with E-state index in [0.29, 0.717) is 0 Å². The van der Waals surface area contributed by atoms with Crippen molar-refractivity contribution in [3.05, 3.63) is 82.1 Å². The number of anilines is 1. The average molecular weight is 340 g/mol. The molecule has 0 N–H and O–H groups in total. The summed E-state index contributed by atoms with van der Waals surface area (Å²) in [5, 5.41) is 1.03. The van der Waals surface area contributed by atoms with E-state index in [1.165, 1.54) is 16.5 Å². The lowest BCUT2D eigenvalue weighted by Crippen LogP contribution is -2.25. The quantitative estimate of drug-likeness (QED) is 0.617. The normalized spacial score (nSPS) is 10.8. The summed E-state index contributed by atoms with van der Waals surface area (Å²) in [6.45, 7) is 5.76. The van der Waals surface area contributed by atoms with Crippen molar-refractivity contribution in [2.24, 2.45) is 0 Å². The highest BCUT2D eigenvalue weighted by Crippen LogP contribution is 2.26. The summed E-state index contributed by atoms with van der Waals surface area (Å²) in [4.78, 5) is 8.23. The van der Waals surface area contributed by atoms with Crippen LogP contribution in [0, 0.1) is 19.7 Å². The molecular weight excluding hydrogens is 319 g/mol. The van der Waals surface area contributed by atoms with Crippen molar-refractivity contribution in [2.75, 3.05) is 11.4 Å². The van der Waals surface area contributed by atoms with E-state index in [0.717, 1.165) is 35.9 Å². The van der Waals surface area contributed by atoms with E-state index in [-0.39, 0.29) is 5.82 Å². The van der Waals surface area contributed by atoms with Crippen LogP contribution in [0.2, 0.25) is 0 Å². The Hall–Kier alpha value is -2.20. The van der Waals surface area contributed by atoms with Crippen molar-refractivity contribution in [3.8, 4) is 0 Å². The Balaban J connectivity index is 1.78. The lowest BCUT2D eigenvalue weighted by atomic mass is 10.1. The molecule has 0 aliphatic heterocycles. The first-order chi connectivity index (χ1) is 11.6. The zero-order valence-electron chi connectivity index (χ0n) is 14.0. The number of halogens is 1. The van der Waals surface area contributed by atoms with Gasteiger partial charge in [0.05, 0.1) is 5.69 Å². The molecule has 0 saturated heterocycles. The lowest BCUT2D eigenvalue weighted by molar-refractivity contribution is 0.624. The van der Waals surface area contributed by atoms with E-state index in [4.69, 9.17) is 4.98 Å². The molecule has 1 aromatic heterocycles. The van der Waals surface area contributed by atoms with Gasteiger partial charge in [-0.05, 0) is 43.5 Å². The topological polar surface area (TPSA) is 16.1 Å². The third kappa shape index (κ3) is 4.20. The summed E-state index contributed by atoms with van der Waals surface area (Å²) in [6.07, 6.45) is 0.794. The van der Waals surface area contributed by atoms with Crippen molar-refractivity contribution in [2.45, 2.75) is 26.8 Å². The fraction of sp³-hybridized carbons (Fsp3) is 0.250. The van der Waals surface area contributed by atoms with Crippen molar-refractivity contribution < 1.29 is 4.39 Å². The van der Waals surface area contributed by atoms with Crippen LogP contribution in [0.4, 0.5) is 9.52 Å². The van der Waals surface area contributed by atoms with Gasteiger partial charge in [0.25, 0.3) is 0 Å². The van der Waals surface area contributed by atoms with Gasteiger partial charge >= 0.3 is 0 Å². The summed E-state index contributed by atoms with van der Waals surface area (Å²) >= 11 is 1.72. The van der Waals surface area contributed by atoms with E-state index in [2.05, 4.69) is 36.1 Å². The molecule has 0 atom stereocenters. The van der Waals surface area contributed by atoms with Crippen molar-refractivity contribution >= 4 is 16.5 Å². The van der Waals surface area contributed by atoms with Crippen LogP contribution in [0.3, 0.4) is 0 Å². The van der Waals surface area contributed by atoms with Crippen LogP contribution in [0.5, 0.6) is 0 Å². The van der Waals surface area contributed by atoms with Crippen LogP contribution >= 0.6 is 11.3 Å². The average Bonchev–Trinajstić information content (AvgIpc) is 2.91. The highest BCUT2D eigenvalue weighted by molar-refractivity contribution is 7.15. The molecule has 0 unspecified atom stereocenters. The van der Waals surface area contributed by atoms with Gasteiger partial charge < -0.3 is 4.90 Å². The summed E-state index contributed by atoms with van der Waals surface area (Å²) < 4.78 is 13.4. The van der Waals surface area contributed by atoms with Crippen LogP contribution in [0.1, 0.15) is 21.7 Å². The number of aromatic nitrogens is 1. The fourth-order valence-corrected chi connectivity index (χ4v) is 3.53. The monoisotopic (exact) mass is 340 g/mol. The molecule has 3 aromatic rings. The van der Waals surface area contributed by atoms with Crippen LogP contribution in [-0.4, -0.2) is 11.5 Å². The van der Waals surface area contributed by atoms with Crippen molar-refractivity contribution in [1.29, 1.82) is 0 Å². The van der Waals surface area contributed by atoms with Gasteiger partial charge in [0.1, 0.15) is 5.82 Å². The minimum atomic E-state index is -0.178. The van der Waals surface area contributed by atoms with E-state index in [1.807, 2.05) is 19.1 Å². The number of nitrogens with zero attached hydrogens (tertiary/aromatic N) is 2. The third-order valence-corrected chi connectivity index (χ3v) is 5.20. The first kappa shape index (κ1) is 16.7. The van der Waals surface area contributed by atoms with E-state index < -0.39 is 0 Å². The van der Waals surface area contributed by atoms with Gasteiger partial charge in [-0.25, -0.2) is 9.37 Å². The Morgan fingerprint density at radius 1 is 1.00 bits per heavy atom. The number of thiazole rings is 1. The summed E-state index contributed by atoms with van der Waals surface area (Å²) in [5.74, 6) is -0.178. The van der Waals surface area contributed by atoms with E-state index in [9.17, 15) is 4.39 Å². The molecule has 0 saturated carbocycles. The SMILES string of the molecule is Cc1nc(N(CCc2cccc(F)c2)Cc2ccccc2)sc1C. The van der Waals surface area contributed by atoms with Gasteiger partial charge in [-0.15, -0.1) is 11.3 Å². The number of hydrogen-bond acceptors (Lipinski definition) is 3. The van der Waals surface area contributed by atoms with Gasteiger partial charge in [0.15, 0.2) is 5.13 Å². The largest absolute Gasteiger partial charge is 0.343 e. The Morgan fingerprint density at radius 2 is 1.75 bits per heavy atom. The standard InChI is InChI=1S/C20H21FN2S/c1-15-16(2)24-20(22-15)23(14-18-7-4-3-5-8-18)12-11-17-9-6-10-19(21)13-17/h3-10,13H,11-12,14H2,1-2H3. The highest BCUT2D eigenvalue weighted by atomic mass is 32.1. The summed E-state index contributed by atoms with van der Waals surface area (Å²) in [7, 11) is 0. The molecule has 2 nitrogen and oxygen atoms in total. The molecule has 0 spiro atoms. The first-order valence-electron chi connectivity index (χ1n) is 8.09. The molecule has 0 amide bonds. The molecule has 24 heavy (non-hydrogen) atoms. The number of benzene rings is 2. The second-order valence-electron chi connectivity index (χ2n) is 5.93. The molecule has 4 heteroatoms. The molecular formula is C20H21FN2S. The Bertz CT molecular complexity index is 779. The van der Waals surface area contributed by atoms with Crippen molar-refractivity contribution in [1.82, 2.24) is 4.98 Å². The molecule has 0 aliphatic rings. The second kappa shape index (κ2) is 7.58. The molecule has 2 aromatic carbocycles. The minimum Gasteiger partial charge on any atom is -0.343 e. The Labute approximate surface area is 146 Å².